The summed E-state index contributed by atoms with van der Waals surface area (Å²) in [6.45, 7) is -0.158. The average Bonchev–Trinajstić information content (AvgIpc) is 1.84. The summed E-state index contributed by atoms with van der Waals surface area (Å²) >= 11 is 0. The zero-order chi connectivity index (χ0) is 9.61. The molecule has 0 heterocycles. The highest BCUT2D eigenvalue weighted by atomic mass is 32.2. The third-order valence-corrected chi connectivity index (χ3v) is 1.88. The number of carboxylic acid groups (broad SMARTS) is 1. The molecular formula is C4H10N2O5S. The van der Waals surface area contributed by atoms with Crippen LogP contribution in [0.4, 0.5) is 4.79 Å². The standard InChI is InChI=1S/C4H10N2O5S/c7-3-1-2-5-12(10,11)6-4(8)9/h5-7H,1-3H2,(H,8,9). The number of aliphatic hydroxyl groups is 1. The number of amides is 1. The number of nitrogens with one attached hydrogen (secondary N) is 2. The van der Waals surface area contributed by atoms with Crippen molar-refractivity contribution in [1.29, 1.82) is 0 Å². The van der Waals surface area contributed by atoms with Crippen molar-refractivity contribution in [1.82, 2.24) is 9.44 Å². The lowest BCUT2D eigenvalue weighted by molar-refractivity contribution is 0.201. The Morgan fingerprint density at radius 2 is 2.00 bits per heavy atom. The van der Waals surface area contributed by atoms with Gasteiger partial charge in [0.2, 0.25) is 0 Å². The van der Waals surface area contributed by atoms with Crippen LogP contribution >= 0.6 is 0 Å². The predicted molar refractivity (Wildman–Crippen MR) is 39.8 cm³/mol. The lowest BCUT2D eigenvalue weighted by Gasteiger charge is -2.03. The summed E-state index contributed by atoms with van der Waals surface area (Å²) in [7, 11) is -3.96. The molecule has 0 aliphatic heterocycles. The van der Waals surface area contributed by atoms with E-state index in [0.717, 1.165) is 0 Å². The van der Waals surface area contributed by atoms with E-state index in [9.17, 15) is 13.2 Å². The van der Waals surface area contributed by atoms with E-state index in [1.807, 2.05) is 4.72 Å². The van der Waals surface area contributed by atoms with Gasteiger partial charge in [-0.25, -0.2) is 9.52 Å². The maximum atomic E-state index is 10.6. The first-order valence-electron chi connectivity index (χ1n) is 3.09. The molecule has 0 aromatic heterocycles. The van der Waals surface area contributed by atoms with Crippen molar-refractivity contribution in [2.24, 2.45) is 0 Å². The SMILES string of the molecule is O=C(O)NS(=O)(=O)NCCCO. The predicted octanol–water partition coefficient (Wildman–Crippen LogP) is -1.53. The Morgan fingerprint density at radius 3 is 2.42 bits per heavy atom. The van der Waals surface area contributed by atoms with Crippen LogP contribution in [0.25, 0.3) is 0 Å². The number of hydrogen-bond donors (Lipinski definition) is 4. The van der Waals surface area contributed by atoms with Gasteiger partial charge in [0.15, 0.2) is 0 Å². The van der Waals surface area contributed by atoms with Gasteiger partial charge in [-0.2, -0.15) is 13.1 Å². The van der Waals surface area contributed by atoms with Crippen molar-refractivity contribution in [2.45, 2.75) is 6.42 Å². The molecule has 0 atom stereocenters. The summed E-state index contributed by atoms with van der Waals surface area (Å²) in [6.07, 6.45) is -1.41. The maximum absolute atomic E-state index is 10.6. The lowest BCUT2D eigenvalue weighted by atomic mass is 10.5. The van der Waals surface area contributed by atoms with Crippen molar-refractivity contribution in [3.05, 3.63) is 0 Å². The monoisotopic (exact) mass is 198 g/mol. The van der Waals surface area contributed by atoms with Crippen LogP contribution in [0.2, 0.25) is 0 Å². The summed E-state index contributed by atoms with van der Waals surface area (Å²) in [4.78, 5) is 9.87. The first kappa shape index (κ1) is 11.1. The molecule has 72 valence electrons. The molecule has 0 aliphatic rings. The molecular weight excluding hydrogens is 188 g/mol. The molecule has 0 bridgehead atoms. The van der Waals surface area contributed by atoms with Crippen LogP contribution in [0.5, 0.6) is 0 Å². The molecule has 0 aliphatic carbocycles. The third kappa shape index (κ3) is 5.89. The van der Waals surface area contributed by atoms with Gasteiger partial charge in [-0.1, -0.05) is 0 Å². The quantitative estimate of drug-likeness (QED) is 0.400. The molecule has 0 rings (SSSR count). The average molecular weight is 198 g/mol. The second-order valence-electron chi connectivity index (χ2n) is 1.88. The van der Waals surface area contributed by atoms with Gasteiger partial charge in [0.05, 0.1) is 0 Å². The fourth-order valence-electron chi connectivity index (χ4n) is 0.437. The largest absolute Gasteiger partial charge is 0.464 e. The molecule has 12 heavy (non-hydrogen) atoms. The molecule has 0 unspecified atom stereocenters. The van der Waals surface area contributed by atoms with E-state index in [4.69, 9.17) is 10.2 Å². The molecule has 7 nitrogen and oxygen atoms in total. The van der Waals surface area contributed by atoms with Crippen molar-refractivity contribution in [3.8, 4) is 0 Å². The van der Waals surface area contributed by atoms with Crippen molar-refractivity contribution in [3.63, 3.8) is 0 Å². The van der Waals surface area contributed by atoms with Gasteiger partial charge in [0, 0.05) is 13.2 Å². The van der Waals surface area contributed by atoms with Crippen LogP contribution in [0.15, 0.2) is 0 Å². The van der Waals surface area contributed by atoms with E-state index in [1.165, 1.54) is 4.72 Å². The second kappa shape index (κ2) is 4.91. The van der Waals surface area contributed by atoms with Crippen molar-refractivity contribution >= 4 is 16.3 Å². The minimum Gasteiger partial charge on any atom is -0.464 e. The Morgan fingerprint density at radius 1 is 1.42 bits per heavy atom. The smallest absolute Gasteiger partial charge is 0.419 e. The van der Waals surface area contributed by atoms with Gasteiger partial charge in [-0.05, 0) is 6.42 Å². The highest BCUT2D eigenvalue weighted by Gasteiger charge is 2.10. The zero-order valence-corrected chi connectivity index (χ0v) is 6.97. The summed E-state index contributed by atoms with van der Waals surface area (Å²) in [5.41, 5.74) is 0. The summed E-state index contributed by atoms with van der Waals surface area (Å²) in [6, 6.07) is 0. The van der Waals surface area contributed by atoms with E-state index in [-0.39, 0.29) is 19.6 Å². The zero-order valence-electron chi connectivity index (χ0n) is 6.15. The minimum absolute atomic E-state index is 0.000880. The van der Waals surface area contributed by atoms with E-state index in [1.54, 1.807) is 0 Å². The Kier molecular flexibility index (Phi) is 4.55. The van der Waals surface area contributed by atoms with Gasteiger partial charge < -0.3 is 10.2 Å². The van der Waals surface area contributed by atoms with E-state index < -0.39 is 16.3 Å². The van der Waals surface area contributed by atoms with Gasteiger partial charge in [0.25, 0.3) is 0 Å². The third-order valence-electron chi connectivity index (χ3n) is 0.849. The summed E-state index contributed by atoms with van der Waals surface area (Å²) in [5, 5.41) is 16.3. The highest BCUT2D eigenvalue weighted by Crippen LogP contribution is 1.78. The molecule has 4 N–H and O–H groups in total. The van der Waals surface area contributed by atoms with Gasteiger partial charge >= 0.3 is 16.3 Å². The molecule has 0 fully saturated rings. The van der Waals surface area contributed by atoms with Gasteiger partial charge in [-0.15, -0.1) is 0 Å². The van der Waals surface area contributed by atoms with Crippen LogP contribution in [0.1, 0.15) is 6.42 Å². The Labute approximate surface area is 69.6 Å². The number of carbonyl (C=O) groups is 1. The number of rotatable bonds is 5. The Balaban J connectivity index is 3.81. The molecule has 8 heteroatoms. The van der Waals surface area contributed by atoms with E-state index in [2.05, 4.69) is 0 Å². The topological polar surface area (TPSA) is 116 Å². The normalized spacial score (nSPS) is 11.1. The highest BCUT2D eigenvalue weighted by molar-refractivity contribution is 7.88. The van der Waals surface area contributed by atoms with Gasteiger partial charge in [-0.3, -0.25) is 0 Å². The fraction of sp³-hybridized carbons (Fsp3) is 0.750. The first-order chi connectivity index (χ1) is 5.48. The molecule has 0 aromatic carbocycles. The van der Waals surface area contributed by atoms with Crippen LogP contribution in [-0.2, 0) is 10.2 Å². The van der Waals surface area contributed by atoms with E-state index in [0.29, 0.717) is 0 Å². The summed E-state index contributed by atoms with van der Waals surface area (Å²) < 4.78 is 24.4. The van der Waals surface area contributed by atoms with Crippen LogP contribution in [-0.4, -0.2) is 37.9 Å². The Hall–Kier alpha value is -0.860. The number of aliphatic hydroxyl groups excluding tert-OH is 1. The molecule has 0 radical (unpaired) electrons. The Bertz CT molecular complexity index is 236. The van der Waals surface area contributed by atoms with Crippen LogP contribution in [0.3, 0.4) is 0 Å². The van der Waals surface area contributed by atoms with Crippen LogP contribution < -0.4 is 9.44 Å². The molecule has 0 spiro atoms. The second-order valence-corrected chi connectivity index (χ2v) is 3.38. The minimum atomic E-state index is -3.96. The van der Waals surface area contributed by atoms with Crippen molar-refractivity contribution in [2.75, 3.05) is 13.2 Å². The van der Waals surface area contributed by atoms with E-state index >= 15 is 0 Å². The molecule has 1 amide bonds. The molecule has 0 saturated carbocycles. The van der Waals surface area contributed by atoms with Gasteiger partial charge in [0.1, 0.15) is 0 Å². The molecule has 0 saturated heterocycles. The number of hydrogen-bond acceptors (Lipinski definition) is 4. The van der Waals surface area contributed by atoms with Crippen LogP contribution in [0, 0.1) is 0 Å². The lowest BCUT2D eigenvalue weighted by Crippen LogP contribution is -2.39. The molecule has 0 aromatic rings. The maximum Gasteiger partial charge on any atom is 0.419 e. The fourth-order valence-corrected chi connectivity index (χ4v) is 1.15. The first-order valence-corrected chi connectivity index (χ1v) is 4.57. The van der Waals surface area contributed by atoms with Crippen molar-refractivity contribution < 1.29 is 23.4 Å². The summed E-state index contributed by atoms with van der Waals surface area (Å²) in [5.74, 6) is 0.